The summed E-state index contributed by atoms with van der Waals surface area (Å²) in [6.07, 6.45) is -4.46. The number of aromatic nitrogens is 2. The van der Waals surface area contributed by atoms with Crippen molar-refractivity contribution in [1.82, 2.24) is 15.3 Å². The zero-order valence-electron chi connectivity index (χ0n) is 14.0. The van der Waals surface area contributed by atoms with Crippen molar-refractivity contribution in [2.75, 3.05) is 0 Å². The molecule has 0 saturated carbocycles. The van der Waals surface area contributed by atoms with Crippen LogP contribution in [0.15, 0.2) is 47.3 Å². The van der Waals surface area contributed by atoms with Crippen molar-refractivity contribution in [1.29, 1.82) is 0 Å². The lowest BCUT2D eigenvalue weighted by Crippen LogP contribution is -2.27. The monoisotopic (exact) mass is 393 g/mol. The Balaban J connectivity index is 1.86. The second kappa shape index (κ2) is 6.99. The molecule has 5 nitrogen and oxygen atoms in total. The molecular formula is C18H14F3N3O2S. The number of fused-ring (bicyclic) bond motifs is 1. The first-order chi connectivity index (χ1) is 12.6. The number of hydrogen-bond acceptors (Lipinski definition) is 3. The Labute approximate surface area is 156 Å². The van der Waals surface area contributed by atoms with E-state index in [4.69, 9.17) is 12.2 Å². The fourth-order valence-corrected chi connectivity index (χ4v) is 2.86. The maximum Gasteiger partial charge on any atom is 0.416 e. The van der Waals surface area contributed by atoms with Gasteiger partial charge >= 0.3 is 6.18 Å². The number of nitrogens with one attached hydrogen (secondary N) is 3. The van der Waals surface area contributed by atoms with Crippen LogP contribution < -0.4 is 10.9 Å². The first kappa shape index (κ1) is 18.8. The van der Waals surface area contributed by atoms with E-state index in [-0.39, 0.29) is 15.9 Å². The van der Waals surface area contributed by atoms with E-state index in [9.17, 15) is 22.8 Å². The molecule has 0 aliphatic carbocycles. The third-order valence-corrected chi connectivity index (χ3v) is 4.27. The SMILES string of the molecule is C[C@H](NC(=O)c1ccc2c(=O)[nH]c(=S)[nH]c2c1)c1cccc(C(F)(F)F)c1. The average molecular weight is 393 g/mol. The first-order valence-electron chi connectivity index (χ1n) is 7.89. The molecule has 0 bridgehead atoms. The van der Waals surface area contributed by atoms with E-state index in [1.165, 1.54) is 30.3 Å². The van der Waals surface area contributed by atoms with Crippen LogP contribution in [0.25, 0.3) is 10.9 Å². The predicted octanol–water partition coefficient (Wildman–Crippen LogP) is 4.10. The Bertz CT molecular complexity index is 1130. The summed E-state index contributed by atoms with van der Waals surface area (Å²) in [7, 11) is 0. The standard InChI is InChI=1S/C18H14F3N3O2S/c1-9(10-3-2-4-12(7-10)18(19,20)21)22-15(25)11-5-6-13-14(8-11)23-17(27)24-16(13)26/h2-9H,1H3,(H,22,25)(H2,23,24,26,27)/t9-/m0/s1. The topological polar surface area (TPSA) is 77.8 Å². The van der Waals surface area contributed by atoms with E-state index in [0.717, 1.165) is 12.1 Å². The Morgan fingerprint density at radius 1 is 1.15 bits per heavy atom. The van der Waals surface area contributed by atoms with Crippen LogP contribution >= 0.6 is 12.2 Å². The number of alkyl halides is 3. The lowest BCUT2D eigenvalue weighted by Gasteiger charge is -2.16. The van der Waals surface area contributed by atoms with Crippen LogP contribution in [0.1, 0.15) is 34.5 Å². The Hall–Kier alpha value is -2.94. The Morgan fingerprint density at radius 2 is 1.89 bits per heavy atom. The van der Waals surface area contributed by atoms with Gasteiger partial charge in [-0.15, -0.1) is 0 Å². The molecule has 0 aliphatic rings. The van der Waals surface area contributed by atoms with Crippen molar-refractivity contribution < 1.29 is 18.0 Å². The molecule has 0 saturated heterocycles. The maximum absolute atomic E-state index is 12.8. The smallest absolute Gasteiger partial charge is 0.346 e. The highest BCUT2D eigenvalue weighted by molar-refractivity contribution is 7.71. The number of benzene rings is 2. The molecule has 3 rings (SSSR count). The van der Waals surface area contributed by atoms with Gasteiger partial charge in [0, 0.05) is 5.56 Å². The summed E-state index contributed by atoms with van der Waals surface area (Å²) in [4.78, 5) is 29.5. The molecule has 1 heterocycles. The average Bonchev–Trinajstić information content (AvgIpc) is 2.60. The Kier molecular flexibility index (Phi) is 4.88. The highest BCUT2D eigenvalue weighted by atomic mass is 32.1. The van der Waals surface area contributed by atoms with Crippen molar-refractivity contribution in [3.63, 3.8) is 0 Å². The number of hydrogen-bond donors (Lipinski definition) is 3. The normalized spacial score (nSPS) is 12.7. The van der Waals surface area contributed by atoms with Crippen LogP contribution in [0, 0.1) is 4.77 Å². The molecule has 0 spiro atoms. The number of amides is 1. The van der Waals surface area contributed by atoms with Crippen LogP contribution in [0.4, 0.5) is 13.2 Å². The molecule has 3 aromatic rings. The molecule has 27 heavy (non-hydrogen) atoms. The highest BCUT2D eigenvalue weighted by Gasteiger charge is 2.30. The molecule has 0 unspecified atom stereocenters. The van der Waals surface area contributed by atoms with E-state index >= 15 is 0 Å². The van der Waals surface area contributed by atoms with Gasteiger partial charge in [-0.1, -0.05) is 12.1 Å². The van der Waals surface area contributed by atoms with Gasteiger partial charge < -0.3 is 10.3 Å². The fraction of sp³-hybridized carbons (Fsp3) is 0.167. The third kappa shape index (κ3) is 4.08. The minimum absolute atomic E-state index is 0.127. The quantitative estimate of drug-likeness (QED) is 0.587. The van der Waals surface area contributed by atoms with E-state index in [1.54, 1.807) is 6.92 Å². The number of halogens is 3. The van der Waals surface area contributed by atoms with Gasteiger partial charge in [-0.25, -0.2) is 0 Å². The minimum atomic E-state index is -4.46. The van der Waals surface area contributed by atoms with Crippen LogP contribution in [0.3, 0.4) is 0 Å². The molecule has 140 valence electrons. The zero-order valence-corrected chi connectivity index (χ0v) is 14.8. The molecule has 1 aromatic heterocycles. The summed E-state index contributed by atoms with van der Waals surface area (Å²) in [6.45, 7) is 1.59. The summed E-state index contributed by atoms with van der Waals surface area (Å²) in [5, 5.41) is 2.99. The van der Waals surface area contributed by atoms with Crippen LogP contribution in [-0.2, 0) is 6.18 Å². The summed E-state index contributed by atoms with van der Waals surface area (Å²) in [5.74, 6) is -0.485. The molecule has 1 amide bonds. The van der Waals surface area contributed by atoms with E-state index in [2.05, 4.69) is 15.3 Å². The second-order valence-corrected chi connectivity index (χ2v) is 6.40. The number of aromatic amines is 2. The largest absolute Gasteiger partial charge is 0.416 e. The summed E-state index contributed by atoms with van der Waals surface area (Å²) < 4.78 is 38.7. The van der Waals surface area contributed by atoms with Gasteiger partial charge in [-0.3, -0.25) is 14.6 Å². The zero-order chi connectivity index (χ0) is 19.8. The minimum Gasteiger partial charge on any atom is -0.346 e. The van der Waals surface area contributed by atoms with Gasteiger partial charge in [0.2, 0.25) is 0 Å². The van der Waals surface area contributed by atoms with Crippen molar-refractivity contribution in [2.24, 2.45) is 0 Å². The lowest BCUT2D eigenvalue weighted by molar-refractivity contribution is -0.137. The van der Waals surface area contributed by atoms with Crippen LogP contribution in [-0.4, -0.2) is 15.9 Å². The number of carbonyl (C=O) groups excluding carboxylic acids is 1. The van der Waals surface area contributed by atoms with E-state index in [1.807, 2.05) is 0 Å². The van der Waals surface area contributed by atoms with Gasteiger partial charge in [0.1, 0.15) is 0 Å². The fourth-order valence-electron chi connectivity index (χ4n) is 2.66. The number of H-pyrrole nitrogens is 2. The van der Waals surface area contributed by atoms with E-state index in [0.29, 0.717) is 16.5 Å². The molecule has 2 aromatic carbocycles. The molecule has 9 heteroatoms. The van der Waals surface area contributed by atoms with E-state index < -0.39 is 23.7 Å². The lowest BCUT2D eigenvalue weighted by atomic mass is 10.0. The summed E-state index contributed by atoms with van der Waals surface area (Å²) in [5.41, 5.74) is -0.188. The molecule has 1 atom stereocenters. The van der Waals surface area contributed by atoms with Crippen molar-refractivity contribution in [3.05, 3.63) is 74.3 Å². The molecule has 3 N–H and O–H groups in total. The van der Waals surface area contributed by atoms with Crippen LogP contribution in [0.2, 0.25) is 0 Å². The van der Waals surface area contributed by atoms with Gasteiger partial charge in [-0.05, 0) is 55.0 Å². The van der Waals surface area contributed by atoms with Gasteiger partial charge in [-0.2, -0.15) is 13.2 Å². The first-order valence-corrected chi connectivity index (χ1v) is 8.30. The maximum atomic E-state index is 12.8. The molecule has 0 radical (unpaired) electrons. The molecule has 0 aliphatic heterocycles. The highest BCUT2D eigenvalue weighted by Crippen LogP contribution is 2.30. The summed E-state index contributed by atoms with van der Waals surface area (Å²) in [6, 6.07) is 8.54. The van der Waals surface area contributed by atoms with Crippen molar-refractivity contribution in [2.45, 2.75) is 19.1 Å². The second-order valence-electron chi connectivity index (χ2n) is 5.99. The number of carbonyl (C=O) groups is 1. The molecular weight excluding hydrogens is 379 g/mol. The summed E-state index contributed by atoms with van der Waals surface area (Å²) >= 11 is 4.91. The van der Waals surface area contributed by atoms with Crippen LogP contribution in [0.5, 0.6) is 0 Å². The van der Waals surface area contributed by atoms with Crippen molar-refractivity contribution >= 4 is 29.0 Å². The third-order valence-electron chi connectivity index (χ3n) is 4.06. The van der Waals surface area contributed by atoms with Crippen molar-refractivity contribution in [3.8, 4) is 0 Å². The Morgan fingerprint density at radius 3 is 2.59 bits per heavy atom. The predicted molar refractivity (Wildman–Crippen MR) is 97.1 cm³/mol. The molecule has 0 fully saturated rings. The van der Waals surface area contributed by atoms with Gasteiger partial charge in [0.05, 0.1) is 22.5 Å². The van der Waals surface area contributed by atoms with Gasteiger partial charge in [0.15, 0.2) is 4.77 Å². The van der Waals surface area contributed by atoms with Gasteiger partial charge in [0.25, 0.3) is 11.5 Å². The number of rotatable bonds is 3.